The van der Waals surface area contributed by atoms with Gasteiger partial charge in [-0.2, -0.15) is 0 Å². The second-order valence-electron chi connectivity index (χ2n) is 4.97. The van der Waals surface area contributed by atoms with Gasteiger partial charge in [0.15, 0.2) is 0 Å². The average molecular weight is 271 g/mol. The third-order valence-corrected chi connectivity index (χ3v) is 3.32. The van der Waals surface area contributed by atoms with E-state index in [1.165, 1.54) is 11.1 Å². The molecule has 1 aliphatic rings. The van der Waals surface area contributed by atoms with Crippen LogP contribution in [0.4, 0.5) is 0 Å². The number of rotatable bonds is 4. The van der Waals surface area contributed by atoms with Crippen molar-refractivity contribution in [3.05, 3.63) is 29.3 Å². The van der Waals surface area contributed by atoms with Crippen molar-refractivity contribution in [1.82, 2.24) is 4.90 Å². The van der Waals surface area contributed by atoms with Gasteiger partial charge < -0.3 is 10.5 Å². The predicted molar refractivity (Wildman–Crippen MR) is 77.7 cm³/mol. The maximum absolute atomic E-state index is 5.87. The van der Waals surface area contributed by atoms with E-state index in [9.17, 15) is 0 Å². The number of aryl methyl sites for hydroxylation is 2. The highest BCUT2D eigenvalue weighted by Gasteiger charge is 2.18. The summed E-state index contributed by atoms with van der Waals surface area (Å²) >= 11 is 0. The normalized spacial score (nSPS) is 19.6. The van der Waals surface area contributed by atoms with Gasteiger partial charge in [-0.15, -0.1) is 12.4 Å². The van der Waals surface area contributed by atoms with Crippen molar-refractivity contribution < 1.29 is 4.74 Å². The van der Waals surface area contributed by atoms with Crippen LogP contribution in [-0.2, 0) is 0 Å². The molecule has 3 nitrogen and oxygen atoms in total. The van der Waals surface area contributed by atoms with Gasteiger partial charge in [-0.25, -0.2) is 0 Å². The van der Waals surface area contributed by atoms with Crippen molar-refractivity contribution in [2.75, 3.05) is 26.2 Å². The Morgan fingerprint density at radius 3 is 2.83 bits per heavy atom. The molecule has 1 aromatic carbocycles. The summed E-state index contributed by atoms with van der Waals surface area (Å²) in [5, 5.41) is 0. The molecule has 0 saturated carbocycles. The minimum absolute atomic E-state index is 0. The zero-order chi connectivity index (χ0) is 12.3. The van der Waals surface area contributed by atoms with Crippen molar-refractivity contribution in [2.24, 2.45) is 5.73 Å². The molecule has 0 amide bonds. The van der Waals surface area contributed by atoms with Gasteiger partial charge in [0.1, 0.15) is 12.4 Å². The summed E-state index contributed by atoms with van der Waals surface area (Å²) in [7, 11) is 0. The van der Waals surface area contributed by atoms with Crippen LogP contribution in [0.5, 0.6) is 5.75 Å². The Kier molecular flexibility index (Phi) is 5.93. The van der Waals surface area contributed by atoms with Crippen molar-refractivity contribution >= 4 is 12.4 Å². The Balaban J connectivity index is 0.00000162. The van der Waals surface area contributed by atoms with E-state index in [1.807, 2.05) is 0 Å². The van der Waals surface area contributed by atoms with Crippen molar-refractivity contribution in [3.63, 3.8) is 0 Å². The molecule has 1 atom stereocenters. The molecular formula is C14H23ClN2O. The first-order valence-electron chi connectivity index (χ1n) is 6.33. The van der Waals surface area contributed by atoms with Gasteiger partial charge in [0, 0.05) is 19.1 Å². The second kappa shape index (κ2) is 6.98. The van der Waals surface area contributed by atoms with Crippen LogP contribution < -0.4 is 10.5 Å². The van der Waals surface area contributed by atoms with Crippen LogP contribution in [0.15, 0.2) is 18.2 Å². The molecule has 0 radical (unpaired) electrons. The molecule has 4 heteroatoms. The second-order valence-corrected chi connectivity index (χ2v) is 4.97. The fraction of sp³-hybridized carbons (Fsp3) is 0.571. The summed E-state index contributed by atoms with van der Waals surface area (Å²) in [4.78, 5) is 2.37. The zero-order valence-corrected chi connectivity index (χ0v) is 12.0. The minimum Gasteiger partial charge on any atom is -0.492 e. The number of nitrogens with zero attached hydrogens (tertiary/aromatic N) is 1. The van der Waals surface area contributed by atoms with Crippen LogP contribution in [-0.4, -0.2) is 37.2 Å². The lowest BCUT2D eigenvalue weighted by atomic mass is 10.1. The number of benzene rings is 1. The largest absolute Gasteiger partial charge is 0.492 e. The summed E-state index contributed by atoms with van der Waals surface area (Å²) in [6, 6.07) is 6.68. The average Bonchev–Trinajstić information content (AvgIpc) is 2.69. The monoisotopic (exact) mass is 270 g/mol. The zero-order valence-electron chi connectivity index (χ0n) is 11.2. The molecule has 1 saturated heterocycles. The van der Waals surface area contributed by atoms with E-state index < -0.39 is 0 Å². The summed E-state index contributed by atoms with van der Waals surface area (Å²) < 4.78 is 5.83. The lowest BCUT2D eigenvalue weighted by Crippen LogP contribution is -2.29. The number of halogens is 1. The molecular weight excluding hydrogens is 248 g/mol. The van der Waals surface area contributed by atoms with E-state index in [-0.39, 0.29) is 12.4 Å². The molecule has 0 aromatic heterocycles. The third kappa shape index (κ3) is 4.16. The van der Waals surface area contributed by atoms with Crippen LogP contribution in [0.1, 0.15) is 17.5 Å². The number of hydrogen-bond donors (Lipinski definition) is 1. The molecule has 102 valence electrons. The van der Waals surface area contributed by atoms with Crippen molar-refractivity contribution in [3.8, 4) is 5.75 Å². The van der Waals surface area contributed by atoms with Crippen LogP contribution >= 0.6 is 12.4 Å². The highest BCUT2D eigenvalue weighted by molar-refractivity contribution is 5.85. The Hall–Kier alpha value is -0.770. The molecule has 2 rings (SSSR count). The maximum atomic E-state index is 5.87. The van der Waals surface area contributed by atoms with Gasteiger partial charge in [0.2, 0.25) is 0 Å². The number of likely N-dealkylation sites (tertiary alicyclic amines) is 1. The van der Waals surface area contributed by atoms with Crippen molar-refractivity contribution in [2.45, 2.75) is 26.3 Å². The van der Waals surface area contributed by atoms with Gasteiger partial charge in [-0.3, -0.25) is 4.90 Å². The molecule has 0 aliphatic carbocycles. The molecule has 1 heterocycles. The first kappa shape index (κ1) is 15.3. The summed E-state index contributed by atoms with van der Waals surface area (Å²) in [6.45, 7) is 8.01. The molecule has 1 aromatic rings. The van der Waals surface area contributed by atoms with E-state index in [2.05, 4.69) is 36.9 Å². The van der Waals surface area contributed by atoms with E-state index >= 15 is 0 Å². The topological polar surface area (TPSA) is 38.5 Å². The number of ether oxygens (including phenoxy) is 1. The van der Waals surface area contributed by atoms with Crippen LogP contribution in [0, 0.1) is 13.8 Å². The van der Waals surface area contributed by atoms with Crippen LogP contribution in [0.2, 0.25) is 0 Å². The number of nitrogens with two attached hydrogens (primary N) is 1. The third-order valence-electron chi connectivity index (χ3n) is 3.32. The van der Waals surface area contributed by atoms with Gasteiger partial charge in [0.25, 0.3) is 0 Å². The van der Waals surface area contributed by atoms with E-state index in [0.29, 0.717) is 6.04 Å². The molecule has 1 fully saturated rings. The smallest absolute Gasteiger partial charge is 0.122 e. The molecule has 1 unspecified atom stereocenters. The van der Waals surface area contributed by atoms with E-state index in [4.69, 9.17) is 10.5 Å². The minimum atomic E-state index is 0. The fourth-order valence-electron chi connectivity index (χ4n) is 2.21. The standard InChI is InChI=1S/C14H22N2O.ClH/c1-11-3-4-12(2)14(9-11)17-8-7-16-6-5-13(15)10-16;/h3-4,9,13H,5-8,10,15H2,1-2H3;1H. The first-order valence-corrected chi connectivity index (χ1v) is 6.33. The Bertz CT molecular complexity index is 384. The first-order chi connectivity index (χ1) is 8.15. The van der Waals surface area contributed by atoms with Gasteiger partial charge in [0.05, 0.1) is 0 Å². The number of hydrogen-bond acceptors (Lipinski definition) is 3. The molecule has 0 bridgehead atoms. The Morgan fingerprint density at radius 1 is 1.39 bits per heavy atom. The Morgan fingerprint density at radius 2 is 2.17 bits per heavy atom. The van der Waals surface area contributed by atoms with Gasteiger partial charge in [-0.1, -0.05) is 12.1 Å². The van der Waals surface area contributed by atoms with Crippen LogP contribution in [0.25, 0.3) is 0 Å². The maximum Gasteiger partial charge on any atom is 0.122 e. The lowest BCUT2D eigenvalue weighted by Gasteiger charge is -2.16. The van der Waals surface area contributed by atoms with E-state index in [1.54, 1.807) is 0 Å². The Labute approximate surface area is 116 Å². The van der Waals surface area contributed by atoms with Gasteiger partial charge >= 0.3 is 0 Å². The van der Waals surface area contributed by atoms with E-state index in [0.717, 1.165) is 38.4 Å². The molecule has 1 aliphatic heterocycles. The van der Waals surface area contributed by atoms with Gasteiger partial charge in [-0.05, 0) is 44.0 Å². The summed E-state index contributed by atoms with van der Waals surface area (Å²) in [5.74, 6) is 1.01. The highest BCUT2D eigenvalue weighted by atomic mass is 35.5. The SMILES string of the molecule is Cc1ccc(C)c(OCCN2CCC(N)C2)c1.Cl. The summed E-state index contributed by atoms with van der Waals surface area (Å²) in [6.07, 6.45) is 1.11. The predicted octanol–water partition coefficient (Wildman–Crippen LogP) is 2.14. The molecule has 2 N–H and O–H groups in total. The molecule has 0 spiro atoms. The fourth-order valence-corrected chi connectivity index (χ4v) is 2.21. The van der Waals surface area contributed by atoms with Crippen LogP contribution in [0.3, 0.4) is 0 Å². The highest BCUT2D eigenvalue weighted by Crippen LogP contribution is 2.19. The lowest BCUT2D eigenvalue weighted by molar-refractivity contribution is 0.235. The quantitative estimate of drug-likeness (QED) is 0.911. The molecule has 18 heavy (non-hydrogen) atoms. The van der Waals surface area contributed by atoms with Crippen molar-refractivity contribution in [1.29, 1.82) is 0 Å². The summed E-state index contributed by atoms with van der Waals surface area (Å²) in [5.41, 5.74) is 8.32.